The number of aromatic nitrogens is 2. The molecule has 0 radical (unpaired) electrons. The number of rotatable bonds is 5. The number of aliphatic carboxylic acids is 1. The summed E-state index contributed by atoms with van der Waals surface area (Å²) in [6, 6.07) is 0. The number of carboxylic acid groups (broad SMARTS) is 1. The van der Waals surface area contributed by atoms with Crippen LogP contribution < -0.4 is 4.90 Å². The van der Waals surface area contributed by atoms with Crippen molar-refractivity contribution in [1.29, 1.82) is 0 Å². The van der Waals surface area contributed by atoms with Crippen molar-refractivity contribution in [3.63, 3.8) is 0 Å². The van der Waals surface area contributed by atoms with Crippen LogP contribution in [0.2, 0.25) is 0 Å². The molecule has 0 atom stereocenters. The molecule has 0 aromatic carbocycles. The van der Waals surface area contributed by atoms with Crippen LogP contribution in [-0.2, 0) is 11.2 Å². The quantitative estimate of drug-likeness (QED) is 0.794. The van der Waals surface area contributed by atoms with Gasteiger partial charge in [0, 0.05) is 31.5 Å². The van der Waals surface area contributed by atoms with Gasteiger partial charge in [0.15, 0.2) is 0 Å². The molecule has 0 bridgehead atoms. The zero-order valence-electron chi connectivity index (χ0n) is 8.23. The van der Waals surface area contributed by atoms with Gasteiger partial charge in [0.05, 0.1) is 6.42 Å². The molecule has 1 aromatic rings. The molecule has 78 valence electrons. The first-order valence-electron chi connectivity index (χ1n) is 4.39. The van der Waals surface area contributed by atoms with E-state index in [-0.39, 0.29) is 6.42 Å². The van der Waals surface area contributed by atoms with E-state index in [1.165, 1.54) is 11.5 Å². The maximum atomic E-state index is 10.3. The number of aryl methyl sites for hydroxylation is 1. The summed E-state index contributed by atoms with van der Waals surface area (Å²) in [6.45, 7) is 2.46. The van der Waals surface area contributed by atoms with E-state index in [1.54, 1.807) is 0 Å². The third-order valence-electron chi connectivity index (χ3n) is 1.76. The number of carboxylic acids is 1. The van der Waals surface area contributed by atoms with Crippen LogP contribution in [0.3, 0.4) is 0 Å². The first-order chi connectivity index (χ1) is 6.63. The van der Waals surface area contributed by atoms with Gasteiger partial charge < -0.3 is 10.0 Å². The summed E-state index contributed by atoms with van der Waals surface area (Å²) < 4.78 is 4.12. The molecule has 1 rings (SSSR count). The number of hydrogen-bond donors (Lipinski definition) is 1. The second-order valence-corrected chi connectivity index (χ2v) is 3.64. The van der Waals surface area contributed by atoms with Crippen molar-refractivity contribution in [2.24, 2.45) is 0 Å². The van der Waals surface area contributed by atoms with Crippen LogP contribution in [0.4, 0.5) is 5.13 Å². The molecule has 1 heterocycles. The van der Waals surface area contributed by atoms with E-state index in [9.17, 15) is 4.79 Å². The molecule has 5 nitrogen and oxygen atoms in total. The molecule has 6 heteroatoms. The molecule has 0 amide bonds. The lowest BCUT2D eigenvalue weighted by atomic mass is 10.4. The summed E-state index contributed by atoms with van der Waals surface area (Å²) in [4.78, 5) is 16.4. The third-order valence-corrected chi connectivity index (χ3v) is 2.63. The van der Waals surface area contributed by atoms with Crippen molar-refractivity contribution in [2.75, 3.05) is 18.5 Å². The number of hydrogen-bond acceptors (Lipinski definition) is 5. The minimum atomic E-state index is -0.794. The Hall–Kier alpha value is -1.17. The van der Waals surface area contributed by atoms with Gasteiger partial charge in [-0.25, -0.2) is 4.98 Å². The van der Waals surface area contributed by atoms with E-state index in [4.69, 9.17) is 5.11 Å². The van der Waals surface area contributed by atoms with E-state index in [0.717, 1.165) is 17.4 Å². The molecule has 0 aliphatic heterocycles. The molecule has 0 saturated heterocycles. The van der Waals surface area contributed by atoms with Crippen molar-refractivity contribution < 1.29 is 9.90 Å². The van der Waals surface area contributed by atoms with Crippen LogP contribution in [0.1, 0.15) is 19.2 Å². The van der Waals surface area contributed by atoms with Crippen molar-refractivity contribution in [2.45, 2.75) is 19.8 Å². The zero-order valence-corrected chi connectivity index (χ0v) is 9.04. The van der Waals surface area contributed by atoms with Gasteiger partial charge >= 0.3 is 5.97 Å². The molecule has 0 fully saturated rings. The molecular weight excluding hydrogens is 202 g/mol. The lowest BCUT2D eigenvalue weighted by Gasteiger charge is -2.12. The van der Waals surface area contributed by atoms with Crippen LogP contribution in [0, 0.1) is 0 Å². The molecule has 14 heavy (non-hydrogen) atoms. The average Bonchev–Trinajstić information content (AvgIpc) is 2.62. The maximum absolute atomic E-state index is 10.3. The highest BCUT2D eigenvalue weighted by Crippen LogP contribution is 2.15. The van der Waals surface area contributed by atoms with Crippen LogP contribution in [0.5, 0.6) is 0 Å². The fourth-order valence-electron chi connectivity index (χ4n) is 0.902. The summed E-state index contributed by atoms with van der Waals surface area (Å²) in [5.41, 5.74) is 0. The maximum Gasteiger partial charge on any atom is 0.305 e. The van der Waals surface area contributed by atoms with Gasteiger partial charge in [-0.3, -0.25) is 4.79 Å². The van der Waals surface area contributed by atoms with Crippen molar-refractivity contribution in [3.8, 4) is 0 Å². The van der Waals surface area contributed by atoms with Crippen molar-refractivity contribution >= 4 is 22.6 Å². The highest BCUT2D eigenvalue weighted by molar-refractivity contribution is 7.09. The second kappa shape index (κ2) is 4.90. The van der Waals surface area contributed by atoms with E-state index < -0.39 is 5.97 Å². The first-order valence-corrected chi connectivity index (χ1v) is 5.16. The van der Waals surface area contributed by atoms with Crippen LogP contribution in [0.25, 0.3) is 0 Å². The van der Waals surface area contributed by atoms with E-state index in [2.05, 4.69) is 9.36 Å². The molecule has 0 aliphatic carbocycles. The summed E-state index contributed by atoms with van der Waals surface area (Å²) in [5, 5.41) is 9.28. The molecule has 1 N–H and O–H groups in total. The Labute approximate surface area is 86.6 Å². The third kappa shape index (κ3) is 2.95. The van der Waals surface area contributed by atoms with Gasteiger partial charge in [-0.1, -0.05) is 6.92 Å². The minimum absolute atomic E-state index is 0.123. The van der Waals surface area contributed by atoms with Gasteiger partial charge in [0.1, 0.15) is 5.82 Å². The molecule has 0 spiro atoms. The molecule has 0 unspecified atom stereocenters. The summed E-state index contributed by atoms with van der Waals surface area (Å²) in [7, 11) is 1.82. The molecular formula is C8H13N3O2S. The van der Waals surface area contributed by atoms with E-state index in [0.29, 0.717) is 6.54 Å². The molecule has 0 saturated carbocycles. The fraction of sp³-hybridized carbons (Fsp3) is 0.625. The Bertz CT molecular complexity index is 313. The zero-order chi connectivity index (χ0) is 10.6. The first kappa shape index (κ1) is 10.9. The van der Waals surface area contributed by atoms with Crippen molar-refractivity contribution in [1.82, 2.24) is 9.36 Å². The smallest absolute Gasteiger partial charge is 0.305 e. The molecule has 1 aromatic heterocycles. The molecule has 0 aliphatic rings. The second-order valence-electron chi connectivity index (χ2n) is 2.91. The SMILES string of the molecule is CCc1nsc(N(C)CCC(=O)O)n1. The Morgan fingerprint density at radius 1 is 1.64 bits per heavy atom. The number of nitrogens with zero attached hydrogens (tertiary/aromatic N) is 3. The highest BCUT2D eigenvalue weighted by Gasteiger charge is 2.08. The lowest BCUT2D eigenvalue weighted by Crippen LogP contribution is -2.20. The Morgan fingerprint density at radius 2 is 2.36 bits per heavy atom. The monoisotopic (exact) mass is 215 g/mol. The Balaban J connectivity index is 2.51. The minimum Gasteiger partial charge on any atom is -0.481 e. The summed E-state index contributed by atoms with van der Waals surface area (Å²) >= 11 is 1.31. The lowest BCUT2D eigenvalue weighted by molar-refractivity contribution is -0.136. The summed E-state index contributed by atoms with van der Waals surface area (Å²) in [6.07, 6.45) is 0.931. The largest absolute Gasteiger partial charge is 0.481 e. The van der Waals surface area contributed by atoms with Gasteiger partial charge in [-0.15, -0.1) is 0 Å². The Morgan fingerprint density at radius 3 is 2.86 bits per heavy atom. The van der Waals surface area contributed by atoms with Gasteiger partial charge in [0.25, 0.3) is 0 Å². The summed E-state index contributed by atoms with van der Waals surface area (Å²) in [5.74, 6) is 0.0178. The predicted octanol–water partition coefficient (Wildman–Crippen LogP) is 1.01. The van der Waals surface area contributed by atoms with Crippen LogP contribution >= 0.6 is 11.5 Å². The highest BCUT2D eigenvalue weighted by atomic mass is 32.1. The van der Waals surface area contributed by atoms with Gasteiger partial charge in [-0.2, -0.15) is 4.37 Å². The van der Waals surface area contributed by atoms with Crippen LogP contribution in [0.15, 0.2) is 0 Å². The van der Waals surface area contributed by atoms with Gasteiger partial charge in [0.2, 0.25) is 5.13 Å². The van der Waals surface area contributed by atoms with Crippen LogP contribution in [-0.4, -0.2) is 34.0 Å². The predicted molar refractivity (Wildman–Crippen MR) is 54.8 cm³/mol. The fourth-order valence-corrected chi connectivity index (χ4v) is 1.64. The Kier molecular flexibility index (Phi) is 3.82. The topological polar surface area (TPSA) is 66.3 Å². The average molecular weight is 215 g/mol. The van der Waals surface area contributed by atoms with E-state index >= 15 is 0 Å². The van der Waals surface area contributed by atoms with Crippen molar-refractivity contribution in [3.05, 3.63) is 5.82 Å². The number of carbonyl (C=O) groups is 1. The van der Waals surface area contributed by atoms with Gasteiger partial charge in [-0.05, 0) is 0 Å². The normalized spacial score (nSPS) is 10.1. The standard InChI is InChI=1S/C8H13N3O2S/c1-3-6-9-8(14-10-6)11(2)5-4-7(12)13/h3-5H2,1-2H3,(H,12,13). The van der Waals surface area contributed by atoms with E-state index in [1.807, 2.05) is 18.9 Å². The number of anilines is 1.